The first-order valence-corrected chi connectivity index (χ1v) is 8.66. The van der Waals surface area contributed by atoms with Crippen LogP contribution in [0.1, 0.15) is 12.5 Å². The first-order chi connectivity index (χ1) is 6.29. The van der Waals surface area contributed by atoms with Gasteiger partial charge in [-0.05, 0) is 25.4 Å². The maximum Gasteiger partial charge on any atom is 0.0708 e. The number of nitrogens with zero attached hydrogens (tertiary/aromatic N) is 1. The van der Waals surface area contributed by atoms with E-state index in [0.29, 0.717) is 0 Å². The van der Waals surface area contributed by atoms with Gasteiger partial charge in [-0.2, -0.15) is 0 Å². The van der Waals surface area contributed by atoms with Crippen LogP contribution < -0.4 is 0 Å². The highest BCUT2D eigenvalue weighted by molar-refractivity contribution is 14.2. The molecule has 0 aromatic heterocycles. The summed E-state index contributed by atoms with van der Waals surface area (Å²) in [6.45, 7) is 2.24. The van der Waals surface area contributed by atoms with Gasteiger partial charge in [-0.15, -0.1) is 18.9 Å². The van der Waals surface area contributed by atoms with Gasteiger partial charge in [0.1, 0.15) is 0 Å². The number of para-hydroxylation sites is 1. The van der Waals surface area contributed by atoms with Gasteiger partial charge in [-0.1, -0.05) is 18.2 Å². The maximum absolute atomic E-state index is 4.43. The lowest BCUT2D eigenvalue weighted by molar-refractivity contribution is 1.52. The van der Waals surface area contributed by atoms with Crippen molar-refractivity contribution in [2.45, 2.75) is 6.92 Å². The van der Waals surface area contributed by atoms with Crippen molar-refractivity contribution in [1.29, 1.82) is 0 Å². The van der Waals surface area contributed by atoms with Crippen molar-refractivity contribution < 1.29 is 0 Å². The molecule has 0 saturated carbocycles. The largest absolute Gasteiger partial charge is 0.256 e. The highest BCUT2D eigenvalue weighted by Crippen LogP contribution is 2.25. The highest BCUT2D eigenvalue weighted by atomic mass is 127. The van der Waals surface area contributed by atoms with E-state index >= 15 is 0 Å². The van der Waals surface area contributed by atoms with Gasteiger partial charge in [0.25, 0.3) is 0 Å². The van der Waals surface area contributed by atoms with Gasteiger partial charge in [-0.3, -0.25) is 4.99 Å². The minimum absolute atomic E-state index is 0.998. The van der Waals surface area contributed by atoms with Crippen molar-refractivity contribution in [2.75, 3.05) is 4.93 Å². The van der Waals surface area contributed by atoms with Crippen molar-refractivity contribution in [3.05, 3.63) is 29.8 Å². The van der Waals surface area contributed by atoms with E-state index < -0.39 is 18.9 Å². The molecule has 0 unspecified atom stereocenters. The fourth-order valence-corrected chi connectivity index (χ4v) is 3.88. The Morgan fingerprint density at radius 2 is 2.00 bits per heavy atom. The maximum atomic E-state index is 4.43. The number of hydrogen-bond acceptors (Lipinski definition) is 1. The first-order valence-electron chi connectivity index (χ1n) is 4.18. The van der Waals surface area contributed by atoms with Crippen molar-refractivity contribution in [3.8, 4) is 0 Å². The van der Waals surface area contributed by atoms with E-state index in [-0.39, 0.29) is 0 Å². The summed E-state index contributed by atoms with van der Waals surface area (Å²) < 4.78 is 3.84. The summed E-state index contributed by atoms with van der Waals surface area (Å²) >= 11 is -0.998. The normalized spacial score (nSPS) is 16.3. The molecule has 0 spiro atoms. The monoisotopic (exact) mass is 285 g/mol. The molecule has 13 heavy (non-hydrogen) atoms. The molecular formula is C11H12IN. The number of fused-ring (bicyclic) bond motifs is 1. The predicted molar refractivity (Wildman–Crippen MR) is 70.4 cm³/mol. The summed E-state index contributed by atoms with van der Waals surface area (Å²) in [6, 6.07) is 8.39. The Hall–Kier alpha value is -0.640. The van der Waals surface area contributed by atoms with E-state index in [0.717, 1.165) is 5.69 Å². The Labute approximate surface area is 84.9 Å². The Morgan fingerprint density at radius 1 is 1.23 bits per heavy atom. The summed E-state index contributed by atoms with van der Waals surface area (Å²) in [7, 11) is 0. The Bertz CT molecular complexity index is 449. The van der Waals surface area contributed by atoms with Crippen LogP contribution in [0.3, 0.4) is 0 Å². The summed E-state index contributed by atoms with van der Waals surface area (Å²) in [5.74, 6) is 0. The molecule has 1 aliphatic heterocycles. The molecule has 0 radical (unpaired) electrons. The van der Waals surface area contributed by atoms with Crippen LogP contribution in [0.25, 0.3) is 0 Å². The van der Waals surface area contributed by atoms with Crippen molar-refractivity contribution in [2.24, 2.45) is 4.99 Å². The molecule has 1 aromatic carbocycles. The molecule has 0 aliphatic carbocycles. The number of aliphatic imine (C=N–C) groups is 1. The lowest BCUT2D eigenvalue weighted by Gasteiger charge is -2.03. The molecule has 1 aromatic rings. The molecule has 0 bridgehead atoms. The molecule has 2 heteroatoms. The van der Waals surface area contributed by atoms with Gasteiger partial charge < -0.3 is 0 Å². The van der Waals surface area contributed by atoms with Gasteiger partial charge in [0.05, 0.1) is 5.69 Å². The number of alkyl halides is 1. The number of benzene rings is 1. The Balaban J connectivity index is 2.76. The summed E-state index contributed by atoms with van der Waals surface area (Å²) in [4.78, 5) is 6.78. The molecule has 1 nitrogen and oxygen atoms in total. The standard InChI is InChI=1S/C11H12IN/c1-9-10-5-3-4-6-11(10)13-8-7-12(9)2/h3-8H,1-2H3. The second kappa shape index (κ2) is 3.62. The van der Waals surface area contributed by atoms with Gasteiger partial charge in [0.15, 0.2) is 0 Å². The second-order valence-corrected chi connectivity index (χ2v) is 8.26. The van der Waals surface area contributed by atoms with Crippen LogP contribution in [-0.2, 0) is 0 Å². The molecule has 0 saturated heterocycles. The van der Waals surface area contributed by atoms with Crippen LogP contribution in [0.15, 0.2) is 29.3 Å². The minimum atomic E-state index is -0.998. The minimum Gasteiger partial charge on any atom is -0.256 e. The molecule has 1 heterocycles. The molecule has 0 N–H and O–H groups in total. The van der Waals surface area contributed by atoms with Crippen molar-refractivity contribution in [1.82, 2.24) is 0 Å². The van der Waals surface area contributed by atoms with E-state index in [1.54, 1.807) is 3.51 Å². The van der Waals surface area contributed by atoms with Gasteiger partial charge in [-0.25, -0.2) is 0 Å². The molecule has 68 valence electrons. The highest BCUT2D eigenvalue weighted by Gasteiger charge is 2.03. The van der Waals surface area contributed by atoms with Gasteiger partial charge in [0, 0.05) is 11.8 Å². The average molecular weight is 285 g/mol. The SMILES string of the molecule is CC1=I(C)=CC=Nc2ccccc21. The molecule has 1 aliphatic rings. The van der Waals surface area contributed by atoms with E-state index in [9.17, 15) is 0 Å². The lowest BCUT2D eigenvalue weighted by atomic mass is 10.1. The van der Waals surface area contributed by atoms with Gasteiger partial charge >= 0.3 is 0 Å². The third kappa shape index (κ3) is 1.68. The smallest absolute Gasteiger partial charge is 0.0708 e. The molecule has 2 rings (SSSR count). The van der Waals surface area contributed by atoms with Crippen LogP contribution >= 0.6 is 18.9 Å². The zero-order chi connectivity index (χ0) is 9.26. The van der Waals surface area contributed by atoms with Crippen LogP contribution in [-0.4, -0.2) is 18.7 Å². The molecule has 0 fully saturated rings. The van der Waals surface area contributed by atoms with Crippen LogP contribution in [0.4, 0.5) is 5.69 Å². The van der Waals surface area contributed by atoms with Gasteiger partial charge in [0.2, 0.25) is 0 Å². The number of halogens is 1. The summed E-state index contributed by atoms with van der Waals surface area (Å²) in [6.07, 6.45) is 1.97. The van der Waals surface area contributed by atoms with E-state index in [1.807, 2.05) is 12.3 Å². The second-order valence-electron chi connectivity index (χ2n) is 2.97. The first kappa shape index (κ1) is 8.94. The number of hydrogen-bond donors (Lipinski definition) is 0. The molecule has 0 amide bonds. The lowest BCUT2D eigenvalue weighted by Crippen LogP contribution is -1.90. The topological polar surface area (TPSA) is 12.4 Å². The quantitative estimate of drug-likeness (QED) is 0.513. The zero-order valence-electron chi connectivity index (χ0n) is 7.79. The predicted octanol–water partition coefficient (Wildman–Crippen LogP) is 2.88. The fourth-order valence-electron chi connectivity index (χ4n) is 1.33. The number of rotatable bonds is 0. The third-order valence-electron chi connectivity index (χ3n) is 2.18. The third-order valence-corrected chi connectivity index (χ3v) is 6.72. The Kier molecular flexibility index (Phi) is 2.49. The Morgan fingerprint density at radius 3 is 2.85 bits per heavy atom. The van der Waals surface area contributed by atoms with Crippen molar-refractivity contribution >= 4 is 38.3 Å². The van der Waals surface area contributed by atoms with Crippen LogP contribution in [0.5, 0.6) is 0 Å². The zero-order valence-corrected chi connectivity index (χ0v) is 9.95. The van der Waals surface area contributed by atoms with E-state index in [2.05, 4.69) is 39.1 Å². The van der Waals surface area contributed by atoms with E-state index in [1.165, 1.54) is 5.56 Å². The summed E-state index contributed by atoms with van der Waals surface area (Å²) in [5, 5.41) is 0. The molecule has 0 atom stereocenters. The average Bonchev–Trinajstić information content (AvgIpc) is 2.29. The molecular weight excluding hydrogens is 273 g/mol. The van der Waals surface area contributed by atoms with Crippen LogP contribution in [0.2, 0.25) is 0 Å². The van der Waals surface area contributed by atoms with Crippen molar-refractivity contribution in [3.63, 3.8) is 0 Å². The fraction of sp³-hybridized carbons (Fsp3) is 0.182. The summed E-state index contributed by atoms with van der Waals surface area (Å²) in [5.41, 5.74) is 2.47. The van der Waals surface area contributed by atoms with Crippen LogP contribution in [0, 0.1) is 0 Å². The van der Waals surface area contributed by atoms with E-state index in [4.69, 9.17) is 0 Å².